The molecule has 0 aliphatic heterocycles. The highest BCUT2D eigenvalue weighted by atomic mass is 35.5. The zero-order valence-electron chi connectivity index (χ0n) is 8.77. The summed E-state index contributed by atoms with van der Waals surface area (Å²) in [5.74, 6) is -0.540. The van der Waals surface area contributed by atoms with Gasteiger partial charge in [0.05, 0.1) is 11.5 Å². The molecule has 0 radical (unpaired) electrons. The number of nitro groups is 1. The van der Waals surface area contributed by atoms with Gasteiger partial charge in [-0.15, -0.1) is 0 Å². The molecule has 0 spiro atoms. The van der Waals surface area contributed by atoms with E-state index in [-0.39, 0.29) is 29.7 Å². The molecule has 0 fully saturated rings. The van der Waals surface area contributed by atoms with Gasteiger partial charge in [-0.05, 0) is 13.8 Å². The summed E-state index contributed by atoms with van der Waals surface area (Å²) >= 11 is 5.72. The van der Waals surface area contributed by atoms with E-state index >= 15 is 0 Å². The number of carbonyl (C=O) groups excluding carboxylic acids is 1. The van der Waals surface area contributed by atoms with Crippen LogP contribution < -0.4 is 0 Å². The van der Waals surface area contributed by atoms with Gasteiger partial charge < -0.3 is 4.74 Å². The molecule has 0 unspecified atom stereocenters. The van der Waals surface area contributed by atoms with Crippen LogP contribution in [0.25, 0.3) is 0 Å². The molecule has 0 aromatic carbocycles. The molecule has 1 aromatic rings. The van der Waals surface area contributed by atoms with Crippen LogP contribution in [0.1, 0.15) is 12.6 Å². The Kier molecular flexibility index (Phi) is 3.83. The third kappa shape index (κ3) is 2.48. The Morgan fingerprint density at radius 2 is 2.31 bits per heavy atom. The number of hydrogen-bond donors (Lipinski definition) is 0. The average molecular weight is 248 g/mol. The van der Waals surface area contributed by atoms with Gasteiger partial charge in [-0.2, -0.15) is 5.10 Å². The second-order valence-corrected chi connectivity index (χ2v) is 3.30. The zero-order valence-corrected chi connectivity index (χ0v) is 9.52. The summed E-state index contributed by atoms with van der Waals surface area (Å²) < 4.78 is 5.73. The number of carbonyl (C=O) groups is 1. The Labute approximate surface area is 96.1 Å². The molecule has 88 valence electrons. The molecule has 0 amide bonds. The van der Waals surface area contributed by atoms with Crippen molar-refractivity contribution >= 4 is 23.3 Å². The predicted molar refractivity (Wildman–Crippen MR) is 55.3 cm³/mol. The van der Waals surface area contributed by atoms with E-state index in [2.05, 4.69) is 9.84 Å². The highest BCUT2D eigenvalue weighted by molar-refractivity contribution is 6.31. The van der Waals surface area contributed by atoms with E-state index in [4.69, 9.17) is 11.6 Å². The van der Waals surface area contributed by atoms with Crippen LogP contribution in [0.2, 0.25) is 5.15 Å². The molecule has 1 rings (SSSR count). The Balaban J connectivity index is 2.95. The third-order valence-electron chi connectivity index (χ3n) is 1.80. The van der Waals surface area contributed by atoms with Gasteiger partial charge >= 0.3 is 11.7 Å². The fourth-order valence-corrected chi connectivity index (χ4v) is 1.49. The van der Waals surface area contributed by atoms with E-state index in [1.807, 2.05) is 0 Å². The lowest BCUT2D eigenvalue weighted by molar-refractivity contribution is -0.385. The SMILES string of the molecule is CCOC(=O)Cn1nc(C)c([N+](=O)[O-])c1Cl. The number of aromatic nitrogens is 2. The first-order valence-electron chi connectivity index (χ1n) is 4.50. The number of rotatable bonds is 4. The summed E-state index contributed by atoms with van der Waals surface area (Å²) in [7, 11) is 0. The first kappa shape index (κ1) is 12.4. The maximum Gasteiger partial charge on any atom is 0.328 e. The molecule has 0 aliphatic carbocycles. The molecule has 0 N–H and O–H groups in total. The van der Waals surface area contributed by atoms with E-state index in [9.17, 15) is 14.9 Å². The molecule has 0 atom stereocenters. The minimum atomic E-state index is -0.633. The van der Waals surface area contributed by atoms with Crippen LogP contribution in [0.5, 0.6) is 0 Å². The summed E-state index contributed by atoms with van der Waals surface area (Å²) in [4.78, 5) is 21.1. The van der Waals surface area contributed by atoms with E-state index in [1.165, 1.54) is 6.92 Å². The Morgan fingerprint density at radius 3 is 2.75 bits per heavy atom. The van der Waals surface area contributed by atoms with E-state index in [0.29, 0.717) is 0 Å². The number of nitrogens with zero attached hydrogens (tertiary/aromatic N) is 3. The lowest BCUT2D eigenvalue weighted by Gasteiger charge is -2.01. The van der Waals surface area contributed by atoms with E-state index in [1.54, 1.807) is 6.92 Å². The quantitative estimate of drug-likeness (QED) is 0.455. The van der Waals surface area contributed by atoms with Crippen LogP contribution in [0.3, 0.4) is 0 Å². The van der Waals surface area contributed by atoms with Gasteiger partial charge in [-0.3, -0.25) is 14.9 Å². The molecule has 0 bridgehead atoms. The van der Waals surface area contributed by atoms with E-state index in [0.717, 1.165) is 4.68 Å². The molecular weight excluding hydrogens is 238 g/mol. The standard InChI is InChI=1S/C8H10ClN3O4/c1-3-16-6(13)4-11-8(9)7(12(14)15)5(2)10-11/h3-4H2,1-2H3. The lowest BCUT2D eigenvalue weighted by atomic mass is 10.4. The molecule has 7 nitrogen and oxygen atoms in total. The number of halogens is 1. The highest BCUT2D eigenvalue weighted by Gasteiger charge is 2.24. The molecule has 1 aromatic heterocycles. The topological polar surface area (TPSA) is 87.3 Å². The van der Waals surface area contributed by atoms with Gasteiger partial charge in [0, 0.05) is 0 Å². The molecule has 8 heteroatoms. The van der Waals surface area contributed by atoms with Crippen molar-refractivity contribution < 1.29 is 14.5 Å². The van der Waals surface area contributed by atoms with Gasteiger partial charge in [0.15, 0.2) is 0 Å². The minimum Gasteiger partial charge on any atom is -0.465 e. The van der Waals surface area contributed by atoms with Crippen LogP contribution in [0, 0.1) is 17.0 Å². The third-order valence-corrected chi connectivity index (χ3v) is 2.18. The number of ether oxygens (including phenoxy) is 1. The minimum absolute atomic E-state index is 0.166. The van der Waals surface area contributed by atoms with Gasteiger partial charge in [0.2, 0.25) is 5.15 Å². The second-order valence-electron chi connectivity index (χ2n) is 2.94. The largest absolute Gasteiger partial charge is 0.465 e. The summed E-state index contributed by atoms with van der Waals surface area (Å²) in [6.07, 6.45) is 0. The predicted octanol–water partition coefficient (Wildman–Crippen LogP) is 1.32. The highest BCUT2D eigenvalue weighted by Crippen LogP contribution is 2.27. The van der Waals surface area contributed by atoms with Crippen molar-refractivity contribution in [3.05, 3.63) is 21.0 Å². The monoisotopic (exact) mass is 247 g/mol. The number of esters is 1. The summed E-state index contributed by atoms with van der Waals surface area (Å²) in [5, 5.41) is 14.2. The van der Waals surface area contributed by atoms with Crippen LogP contribution in [0.15, 0.2) is 0 Å². The lowest BCUT2D eigenvalue weighted by Crippen LogP contribution is -2.14. The Hall–Kier alpha value is -1.63. The maximum absolute atomic E-state index is 11.1. The number of hydrogen-bond acceptors (Lipinski definition) is 5. The molecule has 0 saturated carbocycles. The normalized spacial score (nSPS) is 10.2. The Morgan fingerprint density at radius 1 is 1.69 bits per heavy atom. The van der Waals surface area contributed by atoms with Crippen molar-refractivity contribution in [3.8, 4) is 0 Å². The van der Waals surface area contributed by atoms with Crippen LogP contribution >= 0.6 is 11.6 Å². The first-order valence-corrected chi connectivity index (χ1v) is 4.88. The number of aryl methyl sites for hydroxylation is 1. The molecule has 0 saturated heterocycles. The summed E-state index contributed by atoms with van der Waals surface area (Å²) in [5.41, 5.74) is -0.120. The molecule has 1 heterocycles. The first-order chi connectivity index (χ1) is 7.47. The Bertz CT molecular complexity index is 429. The fourth-order valence-electron chi connectivity index (χ4n) is 1.18. The van der Waals surface area contributed by atoms with Crippen molar-refractivity contribution in [1.82, 2.24) is 9.78 Å². The van der Waals surface area contributed by atoms with Gasteiger partial charge in [-0.25, -0.2) is 4.68 Å². The average Bonchev–Trinajstić information content (AvgIpc) is 2.42. The van der Waals surface area contributed by atoms with Crippen molar-refractivity contribution in [2.24, 2.45) is 0 Å². The fraction of sp³-hybridized carbons (Fsp3) is 0.500. The summed E-state index contributed by atoms with van der Waals surface area (Å²) in [6.45, 7) is 3.11. The maximum atomic E-state index is 11.1. The van der Waals surface area contributed by atoms with Crippen molar-refractivity contribution in [1.29, 1.82) is 0 Å². The molecular formula is C8H10ClN3O4. The van der Waals surface area contributed by atoms with Gasteiger partial charge in [0.1, 0.15) is 12.2 Å². The second kappa shape index (κ2) is 4.93. The smallest absolute Gasteiger partial charge is 0.328 e. The van der Waals surface area contributed by atoms with Gasteiger partial charge in [0.25, 0.3) is 0 Å². The van der Waals surface area contributed by atoms with Crippen molar-refractivity contribution in [2.45, 2.75) is 20.4 Å². The van der Waals surface area contributed by atoms with Gasteiger partial charge in [-0.1, -0.05) is 11.6 Å². The molecule has 16 heavy (non-hydrogen) atoms. The molecule has 0 aliphatic rings. The summed E-state index contributed by atoms with van der Waals surface area (Å²) in [6, 6.07) is 0. The van der Waals surface area contributed by atoms with Crippen molar-refractivity contribution in [3.63, 3.8) is 0 Å². The van der Waals surface area contributed by atoms with Crippen molar-refractivity contribution in [2.75, 3.05) is 6.61 Å². The van der Waals surface area contributed by atoms with Crippen LogP contribution in [-0.4, -0.2) is 27.3 Å². The van der Waals surface area contributed by atoms with Crippen LogP contribution in [0.4, 0.5) is 5.69 Å². The zero-order chi connectivity index (χ0) is 12.3. The van der Waals surface area contributed by atoms with Crippen LogP contribution in [-0.2, 0) is 16.1 Å². The van der Waals surface area contributed by atoms with E-state index < -0.39 is 10.9 Å².